The van der Waals surface area contributed by atoms with Crippen LogP contribution in [0.15, 0.2) is 11.6 Å². The van der Waals surface area contributed by atoms with E-state index in [0.29, 0.717) is 0 Å². The zero-order valence-corrected chi connectivity index (χ0v) is 24.8. The normalized spacial score (nSPS) is 50.5. The van der Waals surface area contributed by atoms with Gasteiger partial charge in [-0.2, -0.15) is 5.26 Å². The first-order chi connectivity index (χ1) is 18.0. The first-order valence-electron chi connectivity index (χ1n) is 14.8. The summed E-state index contributed by atoms with van der Waals surface area (Å²) in [6, 6.07) is 2.24. The number of rotatable bonds is 1. The molecular weight excluding hydrogens is 492 g/mol. The summed E-state index contributed by atoms with van der Waals surface area (Å²) in [5.41, 5.74) is -2.62. The van der Waals surface area contributed by atoms with E-state index < -0.39 is 34.2 Å². The number of hydrogen-bond donors (Lipinski definition) is 1. The number of allylic oxidation sites excluding steroid dienone is 1. The van der Waals surface area contributed by atoms with Gasteiger partial charge in [-0.1, -0.05) is 54.0 Å². The van der Waals surface area contributed by atoms with Crippen LogP contribution in [0.25, 0.3) is 0 Å². The Kier molecular flexibility index (Phi) is 5.22. The van der Waals surface area contributed by atoms with Gasteiger partial charge in [-0.05, 0) is 79.1 Å². The molecular formula is C32H44N2O5. The van der Waals surface area contributed by atoms with Crippen molar-refractivity contribution < 1.29 is 23.9 Å². The van der Waals surface area contributed by atoms with Gasteiger partial charge < -0.3 is 14.8 Å². The summed E-state index contributed by atoms with van der Waals surface area (Å²) < 4.78 is 11.2. The fraction of sp³-hybridized carbons (Fsp3) is 0.812. The predicted molar refractivity (Wildman–Crippen MR) is 144 cm³/mol. The van der Waals surface area contributed by atoms with Gasteiger partial charge >= 0.3 is 6.09 Å². The van der Waals surface area contributed by atoms with Crippen LogP contribution in [0.3, 0.4) is 0 Å². The maximum Gasteiger partial charge on any atom is 0.407 e. The number of carbonyl (C=O) groups excluding carboxylic acids is 3. The van der Waals surface area contributed by atoms with Crippen molar-refractivity contribution in [3.8, 4) is 6.07 Å². The second-order valence-corrected chi connectivity index (χ2v) is 15.7. The van der Waals surface area contributed by atoms with Crippen LogP contribution in [0.4, 0.5) is 4.79 Å². The Morgan fingerprint density at radius 1 is 1.05 bits per heavy atom. The van der Waals surface area contributed by atoms with Crippen molar-refractivity contribution in [2.75, 3.05) is 7.11 Å². The van der Waals surface area contributed by atoms with Crippen LogP contribution in [-0.4, -0.2) is 42.0 Å². The van der Waals surface area contributed by atoms with Crippen LogP contribution in [0.2, 0.25) is 0 Å². The number of nitrogens with zero attached hydrogens (tertiary/aromatic N) is 1. The topological polar surface area (TPSA) is 109 Å². The van der Waals surface area contributed by atoms with Gasteiger partial charge in [0.25, 0.3) is 0 Å². The third-order valence-corrected chi connectivity index (χ3v) is 13.3. The molecule has 9 atom stereocenters. The molecule has 0 bridgehead atoms. The molecule has 5 aliphatic carbocycles. The van der Waals surface area contributed by atoms with Crippen molar-refractivity contribution in [2.24, 2.45) is 44.8 Å². The smallest absolute Gasteiger partial charge is 0.407 e. The summed E-state index contributed by atoms with van der Waals surface area (Å²) in [6.07, 6.45) is 7.02. The number of nitriles is 1. The van der Waals surface area contributed by atoms with Crippen LogP contribution in [0, 0.1) is 56.2 Å². The number of fused-ring (bicyclic) bond motifs is 9. The molecule has 1 N–H and O–H groups in total. The van der Waals surface area contributed by atoms with E-state index in [1.807, 2.05) is 19.9 Å². The number of Topliss-reactive ketones (excluding diaryl/α,β-unsaturated/α-hetero) is 1. The third kappa shape index (κ3) is 3.00. The summed E-state index contributed by atoms with van der Waals surface area (Å²) in [7, 11) is 1.40. The molecule has 39 heavy (non-hydrogen) atoms. The Balaban J connectivity index is 1.50. The van der Waals surface area contributed by atoms with Crippen molar-refractivity contribution in [3.63, 3.8) is 0 Å². The largest absolute Gasteiger partial charge is 0.453 e. The standard InChI is InChI=1S/C32H44N2O5/c1-26(2)11-13-31(34-25(37)38-8)14-12-29(6)22(18(31)16-26)19(35)15-21-28(29,5)10-9-20-27(3,4)23(36)32(17-33)24(39-32)30(20,21)7/h15,18,20,22,24H,9-14,16H2,1-8H3,(H,34,37). The molecule has 7 nitrogen and oxygen atoms in total. The molecule has 0 radical (unpaired) electrons. The van der Waals surface area contributed by atoms with Crippen molar-refractivity contribution in [2.45, 2.75) is 111 Å². The Labute approximate surface area is 232 Å². The summed E-state index contributed by atoms with van der Waals surface area (Å²) in [5, 5.41) is 13.4. The Hall–Kier alpha value is -2.20. The number of ketones is 2. The van der Waals surface area contributed by atoms with E-state index in [0.717, 1.165) is 50.5 Å². The molecule has 0 spiro atoms. The van der Waals surface area contributed by atoms with Gasteiger partial charge in [-0.3, -0.25) is 9.59 Å². The summed E-state index contributed by atoms with van der Waals surface area (Å²) in [4.78, 5) is 40.6. The lowest BCUT2D eigenvalue weighted by Gasteiger charge is -2.69. The van der Waals surface area contributed by atoms with E-state index in [-0.39, 0.29) is 45.6 Å². The minimum atomic E-state index is -1.41. The summed E-state index contributed by atoms with van der Waals surface area (Å²) >= 11 is 0. The molecule has 0 aromatic rings. The number of epoxide rings is 1. The lowest BCUT2D eigenvalue weighted by molar-refractivity contribution is -0.165. The molecule has 9 unspecified atom stereocenters. The lowest BCUT2D eigenvalue weighted by atomic mass is 9.34. The van der Waals surface area contributed by atoms with Crippen molar-refractivity contribution in [1.29, 1.82) is 5.26 Å². The molecule has 212 valence electrons. The molecule has 6 aliphatic rings. The van der Waals surface area contributed by atoms with Gasteiger partial charge in [0.05, 0.1) is 7.11 Å². The second kappa shape index (κ2) is 7.55. The van der Waals surface area contributed by atoms with E-state index in [2.05, 4.69) is 46.0 Å². The first-order valence-corrected chi connectivity index (χ1v) is 14.8. The average Bonchev–Trinajstić information content (AvgIpc) is 3.62. The molecule has 1 heterocycles. The van der Waals surface area contributed by atoms with Crippen LogP contribution in [0.5, 0.6) is 0 Å². The summed E-state index contributed by atoms with van der Waals surface area (Å²) in [5.74, 6) is -0.206. The van der Waals surface area contributed by atoms with Gasteiger partial charge in [-0.15, -0.1) is 0 Å². The molecule has 0 aromatic heterocycles. The molecule has 0 aromatic carbocycles. The van der Waals surface area contributed by atoms with Crippen molar-refractivity contribution >= 4 is 17.7 Å². The molecule has 6 rings (SSSR count). The van der Waals surface area contributed by atoms with E-state index in [1.54, 1.807) is 0 Å². The maximum absolute atomic E-state index is 14.5. The zero-order chi connectivity index (χ0) is 28.6. The number of nitrogens with one attached hydrogen (secondary N) is 1. The fourth-order valence-electron chi connectivity index (χ4n) is 10.9. The fourth-order valence-corrected chi connectivity index (χ4v) is 10.9. The molecule has 1 aliphatic heterocycles. The van der Waals surface area contributed by atoms with Crippen molar-refractivity contribution in [1.82, 2.24) is 5.32 Å². The summed E-state index contributed by atoms with van der Waals surface area (Å²) in [6.45, 7) is 15.3. The van der Waals surface area contributed by atoms with Crippen LogP contribution >= 0.6 is 0 Å². The van der Waals surface area contributed by atoms with Crippen LogP contribution < -0.4 is 5.32 Å². The Bertz CT molecular complexity index is 1260. The second-order valence-electron chi connectivity index (χ2n) is 15.7. The Morgan fingerprint density at radius 2 is 1.72 bits per heavy atom. The molecule has 5 fully saturated rings. The van der Waals surface area contributed by atoms with Gasteiger partial charge in [0, 0.05) is 22.3 Å². The number of ether oxygens (including phenoxy) is 2. The van der Waals surface area contributed by atoms with Gasteiger partial charge in [0.1, 0.15) is 12.2 Å². The number of hydrogen-bond acceptors (Lipinski definition) is 6. The monoisotopic (exact) mass is 536 g/mol. The number of amides is 1. The molecule has 4 saturated carbocycles. The van der Waals surface area contributed by atoms with E-state index in [1.165, 1.54) is 7.11 Å². The highest BCUT2D eigenvalue weighted by Crippen LogP contribution is 2.77. The highest BCUT2D eigenvalue weighted by atomic mass is 16.6. The third-order valence-electron chi connectivity index (χ3n) is 13.3. The molecule has 1 saturated heterocycles. The molecule has 7 heteroatoms. The first kappa shape index (κ1) is 27.0. The SMILES string of the molecule is COC(=O)NC12CCC(C)(C)CC1C1C(=O)C=C3C4(C)C(CCC3(C)C1(C)CC2)C(C)(C)C(=O)C1(C#N)OC14. The average molecular weight is 537 g/mol. The Morgan fingerprint density at radius 3 is 2.36 bits per heavy atom. The van der Waals surface area contributed by atoms with Crippen LogP contribution in [-0.2, 0) is 19.1 Å². The minimum absolute atomic E-state index is 0.00367. The van der Waals surface area contributed by atoms with E-state index >= 15 is 0 Å². The van der Waals surface area contributed by atoms with Gasteiger partial charge in [0.15, 0.2) is 11.6 Å². The van der Waals surface area contributed by atoms with E-state index in [4.69, 9.17) is 9.47 Å². The molecule has 1 amide bonds. The lowest BCUT2D eigenvalue weighted by Crippen LogP contribution is -2.70. The van der Waals surface area contributed by atoms with Crippen LogP contribution in [0.1, 0.15) is 93.4 Å². The maximum atomic E-state index is 14.5. The quantitative estimate of drug-likeness (QED) is 0.442. The van der Waals surface area contributed by atoms with E-state index in [9.17, 15) is 19.6 Å². The number of alkyl carbamates (subject to hydrolysis) is 1. The zero-order valence-electron chi connectivity index (χ0n) is 24.8. The van der Waals surface area contributed by atoms with Crippen molar-refractivity contribution in [3.05, 3.63) is 11.6 Å². The number of carbonyl (C=O) groups is 3. The van der Waals surface area contributed by atoms with Gasteiger partial charge in [-0.25, -0.2) is 4.79 Å². The van der Waals surface area contributed by atoms with Gasteiger partial charge in [0.2, 0.25) is 5.60 Å². The highest BCUT2D eigenvalue weighted by Gasteiger charge is 2.82. The minimum Gasteiger partial charge on any atom is -0.453 e. The highest BCUT2D eigenvalue weighted by molar-refractivity contribution is 6.01. The predicted octanol–water partition coefficient (Wildman–Crippen LogP) is 5.53. The number of methoxy groups -OCH3 is 1.